The molecule has 0 aromatic carbocycles. The van der Waals surface area contributed by atoms with Crippen molar-refractivity contribution in [2.45, 2.75) is 6.92 Å². The van der Waals surface area contributed by atoms with E-state index >= 15 is 0 Å². The van der Waals surface area contributed by atoms with E-state index < -0.39 is 0 Å². The number of ether oxygens (including phenoxy) is 1. The number of hydrogen-bond donors (Lipinski definition) is 1. The Morgan fingerprint density at radius 3 is 3.00 bits per heavy atom. The first-order valence-corrected chi connectivity index (χ1v) is 4.13. The van der Waals surface area contributed by atoms with Crippen LogP contribution in [0.25, 0.3) is 0 Å². The van der Waals surface area contributed by atoms with Gasteiger partial charge in [-0.2, -0.15) is 0 Å². The zero-order valence-corrected chi connectivity index (χ0v) is 7.58. The molecule has 3 nitrogen and oxygen atoms in total. The molecule has 1 aromatic rings. The number of rotatable bonds is 4. The van der Waals surface area contributed by atoms with Gasteiger partial charge in [0, 0.05) is 6.07 Å². The summed E-state index contributed by atoms with van der Waals surface area (Å²) in [7, 11) is 0. The first-order chi connectivity index (χ1) is 6.36. The van der Waals surface area contributed by atoms with E-state index in [1.807, 2.05) is 19.1 Å². The second-order valence-corrected chi connectivity index (χ2v) is 2.38. The van der Waals surface area contributed by atoms with Gasteiger partial charge in [0.1, 0.15) is 0 Å². The van der Waals surface area contributed by atoms with E-state index in [1.165, 1.54) is 0 Å². The Morgan fingerprint density at radius 2 is 2.46 bits per heavy atom. The summed E-state index contributed by atoms with van der Waals surface area (Å²) in [6.45, 7) is 3.06. The van der Waals surface area contributed by atoms with Gasteiger partial charge in [0.15, 0.2) is 0 Å². The summed E-state index contributed by atoms with van der Waals surface area (Å²) in [6, 6.07) is 3.69. The highest BCUT2D eigenvalue weighted by molar-refractivity contribution is 5.42. The highest BCUT2D eigenvalue weighted by atomic mass is 16.5. The Morgan fingerprint density at radius 1 is 1.62 bits per heavy atom. The maximum Gasteiger partial charge on any atom is 0.213 e. The van der Waals surface area contributed by atoms with E-state index in [-0.39, 0.29) is 0 Å². The molecule has 3 heteroatoms. The third-order valence-corrected chi connectivity index (χ3v) is 1.42. The number of terminal acetylenes is 1. The predicted octanol–water partition coefficient (Wildman–Crippen LogP) is 1.53. The molecule has 0 fully saturated rings. The van der Waals surface area contributed by atoms with E-state index in [4.69, 9.17) is 11.2 Å². The van der Waals surface area contributed by atoms with Gasteiger partial charge in [-0.1, -0.05) is 5.92 Å². The molecule has 1 rings (SSSR count). The second-order valence-electron chi connectivity index (χ2n) is 2.38. The molecule has 1 N–H and O–H groups in total. The molecule has 0 saturated carbocycles. The molecule has 0 bridgehead atoms. The van der Waals surface area contributed by atoms with E-state index in [1.54, 1.807) is 6.20 Å². The molecule has 13 heavy (non-hydrogen) atoms. The fraction of sp³-hybridized carbons (Fsp3) is 0.300. The van der Waals surface area contributed by atoms with Crippen molar-refractivity contribution in [2.75, 3.05) is 18.5 Å². The lowest BCUT2D eigenvalue weighted by atomic mass is 10.4. The van der Waals surface area contributed by atoms with Gasteiger partial charge in [0.25, 0.3) is 0 Å². The monoisotopic (exact) mass is 176 g/mol. The first-order valence-electron chi connectivity index (χ1n) is 4.13. The summed E-state index contributed by atoms with van der Waals surface area (Å²) in [5.74, 6) is 3.12. The molecule has 0 saturated heterocycles. The van der Waals surface area contributed by atoms with E-state index in [2.05, 4.69) is 16.2 Å². The Hall–Kier alpha value is -1.69. The quantitative estimate of drug-likeness (QED) is 0.706. The molecule has 68 valence electrons. The normalized spacial score (nSPS) is 8.92. The Bertz CT molecular complexity index is 287. The fourth-order valence-electron chi connectivity index (χ4n) is 0.871. The number of pyridine rings is 1. The zero-order valence-electron chi connectivity index (χ0n) is 7.58. The van der Waals surface area contributed by atoms with Crippen LogP contribution in [0, 0.1) is 12.3 Å². The predicted molar refractivity (Wildman–Crippen MR) is 52.7 cm³/mol. The standard InChI is InChI=1S/C10H12N2O/c1-3-7-11-9-5-6-10(12-8-9)13-4-2/h1,5-6,8,11H,4,7H2,2H3. The highest BCUT2D eigenvalue weighted by Crippen LogP contribution is 2.10. The molecule has 0 amide bonds. The highest BCUT2D eigenvalue weighted by Gasteiger charge is 1.93. The van der Waals surface area contributed by atoms with Gasteiger partial charge in [0.2, 0.25) is 5.88 Å². The second kappa shape index (κ2) is 5.04. The summed E-state index contributed by atoms with van der Waals surface area (Å²) in [4.78, 5) is 4.07. The molecular weight excluding hydrogens is 164 g/mol. The maximum atomic E-state index is 5.19. The SMILES string of the molecule is C#CCNc1ccc(OCC)nc1. The van der Waals surface area contributed by atoms with Crippen molar-refractivity contribution in [3.05, 3.63) is 18.3 Å². The maximum absolute atomic E-state index is 5.19. The van der Waals surface area contributed by atoms with Crippen LogP contribution in [0.1, 0.15) is 6.92 Å². The van der Waals surface area contributed by atoms with Crippen LogP contribution in [0.15, 0.2) is 18.3 Å². The summed E-state index contributed by atoms with van der Waals surface area (Å²) in [5.41, 5.74) is 0.904. The van der Waals surface area contributed by atoms with Gasteiger partial charge in [-0.3, -0.25) is 0 Å². The Labute approximate surface area is 78.1 Å². The largest absolute Gasteiger partial charge is 0.478 e. The van der Waals surface area contributed by atoms with E-state index in [9.17, 15) is 0 Å². The fourth-order valence-corrected chi connectivity index (χ4v) is 0.871. The minimum Gasteiger partial charge on any atom is -0.478 e. The van der Waals surface area contributed by atoms with Gasteiger partial charge in [-0.15, -0.1) is 6.42 Å². The van der Waals surface area contributed by atoms with Crippen LogP contribution < -0.4 is 10.1 Å². The number of anilines is 1. The number of nitrogens with one attached hydrogen (secondary N) is 1. The van der Waals surface area contributed by atoms with Gasteiger partial charge >= 0.3 is 0 Å². The van der Waals surface area contributed by atoms with Crippen LogP contribution in [-0.4, -0.2) is 18.1 Å². The van der Waals surface area contributed by atoms with Crippen molar-refractivity contribution in [2.24, 2.45) is 0 Å². The lowest BCUT2D eigenvalue weighted by Gasteiger charge is -2.03. The van der Waals surface area contributed by atoms with Crippen LogP contribution in [0.3, 0.4) is 0 Å². The molecule has 1 heterocycles. The summed E-state index contributed by atoms with van der Waals surface area (Å²) < 4.78 is 5.19. The third-order valence-electron chi connectivity index (χ3n) is 1.42. The van der Waals surface area contributed by atoms with Crippen molar-refractivity contribution in [3.8, 4) is 18.2 Å². The first kappa shape index (κ1) is 9.40. The van der Waals surface area contributed by atoms with Crippen molar-refractivity contribution < 1.29 is 4.74 Å². The Balaban J connectivity index is 2.54. The van der Waals surface area contributed by atoms with E-state index in [0.29, 0.717) is 19.0 Å². The molecular formula is C10H12N2O. The zero-order chi connectivity index (χ0) is 9.52. The van der Waals surface area contributed by atoms with Crippen LogP contribution in [0.2, 0.25) is 0 Å². The van der Waals surface area contributed by atoms with Crippen LogP contribution in [0.5, 0.6) is 5.88 Å². The summed E-state index contributed by atoms with van der Waals surface area (Å²) in [6.07, 6.45) is 6.79. The van der Waals surface area contributed by atoms with Crippen LogP contribution in [-0.2, 0) is 0 Å². The average Bonchev–Trinajstić information content (AvgIpc) is 2.17. The van der Waals surface area contributed by atoms with Crippen molar-refractivity contribution in [3.63, 3.8) is 0 Å². The lowest BCUT2D eigenvalue weighted by Crippen LogP contribution is -1.99. The molecule has 0 atom stereocenters. The van der Waals surface area contributed by atoms with Crippen LogP contribution >= 0.6 is 0 Å². The van der Waals surface area contributed by atoms with Gasteiger partial charge in [-0.25, -0.2) is 4.98 Å². The molecule has 0 spiro atoms. The molecule has 0 aliphatic heterocycles. The molecule has 0 unspecified atom stereocenters. The van der Waals surface area contributed by atoms with Crippen molar-refractivity contribution in [1.82, 2.24) is 4.98 Å². The minimum absolute atomic E-state index is 0.510. The molecule has 0 aliphatic carbocycles. The smallest absolute Gasteiger partial charge is 0.213 e. The van der Waals surface area contributed by atoms with Crippen molar-refractivity contribution in [1.29, 1.82) is 0 Å². The van der Waals surface area contributed by atoms with E-state index in [0.717, 1.165) is 5.69 Å². The molecule has 1 aromatic heterocycles. The molecule has 0 radical (unpaired) electrons. The lowest BCUT2D eigenvalue weighted by molar-refractivity contribution is 0.327. The van der Waals surface area contributed by atoms with Gasteiger partial charge < -0.3 is 10.1 Å². The number of hydrogen-bond acceptors (Lipinski definition) is 3. The van der Waals surface area contributed by atoms with Gasteiger partial charge in [0.05, 0.1) is 25.0 Å². The topological polar surface area (TPSA) is 34.1 Å². The van der Waals surface area contributed by atoms with Crippen molar-refractivity contribution >= 4 is 5.69 Å². The third kappa shape index (κ3) is 3.04. The minimum atomic E-state index is 0.510. The molecule has 0 aliphatic rings. The van der Waals surface area contributed by atoms with Gasteiger partial charge in [-0.05, 0) is 13.0 Å². The average molecular weight is 176 g/mol. The number of nitrogens with zero attached hydrogens (tertiary/aromatic N) is 1. The summed E-state index contributed by atoms with van der Waals surface area (Å²) in [5, 5.41) is 3.01. The Kier molecular flexibility index (Phi) is 3.65. The summed E-state index contributed by atoms with van der Waals surface area (Å²) >= 11 is 0. The number of aromatic nitrogens is 1. The van der Waals surface area contributed by atoms with Crippen LogP contribution in [0.4, 0.5) is 5.69 Å².